The second-order valence-corrected chi connectivity index (χ2v) is 9.42. The van der Waals surface area contributed by atoms with Gasteiger partial charge in [-0.1, -0.05) is 11.6 Å². The minimum Gasteiger partial charge on any atom is -0.496 e. The van der Waals surface area contributed by atoms with Crippen molar-refractivity contribution in [3.63, 3.8) is 0 Å². The van der Waals surface area contributed by atoms with Gasteiger partial charge in [0, 0.05) is 31.4 Å². The molecule has 0 bridgehead atoms. The predicted octanol–water partition coefficient (Wildman–Crippen LogP) is 2.84. The SMILES string of the molecule is COC(=O)CC/C(C)=C/Cc1c(OC)c(C)c2c(c1OC(=O)CCC(=O)OC(COC(C)=O)COC(C)=O)C(=O)OC2. The third-order valence-corrected chi connectivity index (χ3v) is 6.22. The molecule has 1 aliphatic rings. The minimum atomic E-state index is -1.07. The Morgan fingerprint density at radius 3 is 2.02 bits per heavy atom. The molecule has 1 aliphatic heterocycles. The number of allylic oxidation sites excluding steroid dienone is 2. The molecular formula is C29H36O13. The molecule has 13 heteroatoms. The van der Waals surface area contributed by atoms with Crippen molar-refractivity contribution in [3.8, 4) is 11.5 Å². The summed E-state index contributed by atoms with van der Waals surface area (Å²) in [5.41, 5.74) is 2.56. The summed E-state index contributed by atoms with van der Waals surface area (Å²) >= 11 is 0. The van der Waals surface area contributed by atoms with Gasteiger partial charge in [-0.25, -0.2) is 4.79 Å². The van der Waals surface area contributed by atoms with E-state index in [1.54, 1.807) is 6.92 Å². The highest BCUT2D eigenvalue weighted by Gasteiger charge is 2.34. The monoisotopic (exact) mass is 592 g/mol. The molecular weight excluding hydrogens is 556 g/mol. The van der Waals surface area contributed by atoms with Crippen molar-refractivity contribution in [2.75, 3.05) is 27.4 Å². The van der Waals surface area contributed by atoms with Crippen molar-refractivity contribution in [1.29, 1.82) is 0 Å². The van der Waals surface area contributed by atoms with Gasteiger partial charge in [0.15, 0.2) is 11.9 Å². The lowest BCUT2D eigenvalue weighted by molar-refractivity contribution is -0.165. The highest BCUT2D eigenvalue weighted by Crippen LogP contribution is 2.43. The number of carbonyl (C=O) groups is 6. The van der Waals surface area contributed by atoms with E-state index in [2.05, 4.69) is 4.74 Å². The molecule has 0 aliphatic carbocycles. The Balaban J connectivity index is 2.23. The molecule has 0 aromatic heterocycles. The summed E-state index contributed by atoms with van der Waals surface area (Å²) in [6, 6.07) is 0. The zero-order valence-corrected chi connectivity index (χ0v) is 24.6. The summed E-state index contributed by atoms with van der Waals surface area (Å²) in [7, 11) is 2.76. The number of methoxy groups -OCH3 is 2. The fourth-order valence-corrected chi connectivity index (χ4v) is 4.05. The van der Waals surface area contributed by atoms with Crippen LogP contribution in [-0.4, -0.2) is 69.4 Å². The first-order chi connectivity index (χ1) is 19.9. The van der Waals surface area contributed by atoms with Crippen molar-refractivity contribution in [3.05, 3.63) is 33.9 Å². The molecule has 230 valence electrons. The van der Waals surface area contributed by atoms with Crippen LogP contribution in [0.3, 0.4) is 0 Å². The number of fused-ring (bicyclic) bond motifs is 1. The van der Waals surface area contributed by atoms with E-state index in [-0.39, 0.29) is 49.9 Å². The van der Waals surface area contributed by atoms with E-state index in [4.69, 9.17) is 28.4 Å². The molecule has 0 unspecified atom stereocenters. The van der Waals surface area contributed by atoms with E-state index >= 15 is 0 Å². The molecule has 0 N–H and O–H groups in total. The van der Waals surface area contributed by atoms with Gasteiger partial charge in [0.05, 0.1) is 27.1 Å². The van der Waals surface area contributed by atoms with Gasteiger partial charge in [0.1, 0.15) is 31.1 Å². The molecule has 1 heterocycles. The summed E-state index contributed by atoms with van der Waals surface area (Å²) in [4.78, 5) is 71.7. The topological polar surface area (TPSA) is 167 Å². The Labute approximate surface area is 243 Å². The van der Waals surface area contributed by atoms with Crippen molar-refractivity contribution in [2.45, 2.75) is 72.5 Å². The molecule has 0 saturated heterocycles. The first-order valence-electron chi connectivity index (χ1n) is 13.2. The van der Waals surface area contributed by atoms with Crippen LogP contribution in [-0.2, 0) is 60.7 Å². The van der Waals surface area contributed by atoms with E-state index in [0.29, 0.717) is 28.9 Å². The lowest BCUT2D eigenvalue weighted by atomic mass is 9.94. The fourth-order valence-electron chi connectivity index (χ4n) is 4.05. The molecule has 0 saturated carbocycles. The Morgan fingerprint density at radius 2 is 1.45 bits per heavy atom. The molecule has 13 nitrogen and oxygen atoms in total. The number of esters is 6. The summed E-state index contributed by atoms with van der Waals surface area (Å²) in [5, 5.41) is 0. The Morgan fingerprint density at radius 1 is 0.857 bits per heavy atom. The van der Waals surface area contributed by atoms with Gasteiger partial charge in [0.2, 0.25) is 0 Å². The number of ether oxygens (including phenoxy) is 7. The molecule has 0 radical (unpaired) electrons. The minimum absolute atomic E-state index is 0.0203. The van der Waals surface area contributed by atoms with Crippen LogP contribution in [0.15, 0.2) is 11.6 Å². The molecule has 1 aromatic rings. The van der Waals surface area contributed by atoms with Crippen LogP contribution < -0.4 is 9.47 Å². The van der Waals surface area contributed by atoms with Crippen molar-refractivity contribution in [1.82, 2.24) is 0 Å². The summed E-state index contributed by atoms with van der Waals surface area (Å²) < 4.78 is 36.0. The molecule has 0 atom stereocenters. The number of rotatable bonds is 15. The van der Waals surface area contributed by atoms with E-state index < -0.39 is 48.8 Å². The molecule has 0 fully saturated rings. The van der Waals surface area contributed by atoms with Crippen molar-refractivity contribution in [2.24, 2.45) is 0 Å². The average Bonchev–Trinajstić information content (AvgIpc) is 3.33. The number of benzene rings is 1. The smallest absolute Gasteiger partial charge is 0.342 e. The van der Waals surface area contributed by atoms with Gasteiger partial charge < -0.3 is 33.2 Å². The molecule has 42 heavy (non-hydrogen) atoms. The van der Waals surface area contributed by atoms with Gasteiger partial charge in [-0.2, -0.15) is 0 Å². The van der Waals surface area contributed by atoms with Crippen LogP contribution in [0.25, 0.3) is 0 Å². The molecule has 2 rings (SSSR count). The quantitative estimate of drug-likeness (QED) is 0.126. The second-order valence-electron chi connectivity index (χ2n) is 9.42. The van der Waals surface area contributed by atoms with Gasteiger partial charge in [-0.05, 0) is 32.3 Å². The van der Waals surface area contributed by atoms with E-state index in [1.165, 1.54) is 28.1 Å². The fraction of sp³-hybridized carbons (Fsp3) is 0.517. The zero-order chi connectivity index (χ0) is 31.4. The maximum Gasteiger partial charge on any atom is 0.342 e. The van der Waals surface area contributed by atoms with E-state index in [9.17, 15) is 28.8 Å². The summed E-state index contributed by atoms with van der Waals surface area (Å²) in [5.74, 6) is -3.54. The maximum absolute atomic E-state index is 12.9. The average molecular weight is 593 g/mol. The Kier molecular flexibility index (Phi) is 13.0. The summed E-state index contributed by atoms with van der Waals surface area (Å²) in [6.07, 6.45) is 0.763. The van der Waals surface area contributed by atoms with Crippen LogP contribution in [0.2, 0.25) is 0 Å². The van der Waals surface area contributed by atoms with Gasteiger partial charge in [0.25, 0.3) is 0 Å². The van der Waals surface area contributed by atoms with Crippen molar-refractivity contribution < 1.29 is 61.9 Å². The molecule has 0 spiro atoms. The first kappa shape index (κ1) is 33.8. The van der Waals surface area contributed by atoms with E-state index in [1.807, 2.05) is 13.0 Å². The number of hydrogen-bond donors (Lipinski definition) is 0. The van der Waals surface area contributed by atoms with Crippen molar-refractivity contribution >= 4 is 35.8 Å². The third kappa shape index (κ3) is 9.89. The Bertz CT molecular complexity index is 1230. The standard InChI is InChI=1S/C29H36O13/c1-16(8-10-23(32)36-5)7-9-21-27(37-6)17(2)22-15-40-29(35)26(22)28(21)42-25(34)12-11-24(33)41-20(13-38-18(3)30)14-39-19(4)31/h7,20H,8-15H2,1-6H3/b16-7+. The van der Waals surface area contributed by atoms with Gasteiger partial charge in [-0.3, -0.25) is 24.0 Å². The third-order valence-electron chi connectivity index (χ3n) is 6.22. The molecule has 1 aromatic carbocycles. The van der Waals surface area contributed by atoms with Crippen LogP contribution in [0.5, 0.6) is 11.5 Å². The lowest BCUT2D eigenvalue weighted by Gasteiger charge is -2.19. The second kappa shape index (κ2) is 16.1. The van der Waals surface area contributed by atoms with Gasteiger partial charge >= 0.3 is 35.8 Å². The lowest BCUT2D eigenvalue weighted by Crippen LogP contribution is -2.30. The maximum atomic E-state index is 12.9. The first-order valence-corrected chi connectivity index (χ1v) is 13.2. The van der Waals surface area contributed by atoms with Crippen LogP contribution in [0, 0.1) is 6.92 Å². The predicted molar refractivity (Wildman–Crippen MR) is 144 cm³/mol. The zero-order valence-electron chi connectivity index (χ0n) is 24.6. The van der Waals surface area contributed by atoms with Crippen LogP contribution in [0.4, 0.5) is 0 Å². The van der Waals surface area contributed by atoms with Gasteiger partial charge in [-0.15, -0.1) is 0 Å². The largest absolute Gasteiger partial charge is 0.496 e. The highest BCUT2D eigenvalue weighted by atomic mass is 16.6. The van der Waals surface area contributed by atoms with E-state index in [0.717, 1.165) is 5.57 Å². The van der Waals surface area contributed by atoms with Crippen LogP contribution in [0.1, 0.15) is 73.5 Å². The number of cyclic esters (lactones) is 1. The Hall–Kier alpha value is -4.42. The highest BCUT2D eigenvalue weighted by molar-refractivity contribution is 5.99. The number of hydrogen-bond acceptors (Lipinski definition) is 13. The van der Waals surface area contributed by atoms with Crippen LogP contribution >= 0.6 is 0 Å². The normalized spacial score (nSPS) is 12.3. The number of carbonyl (C=O) groups excluding carboxylic acids is 6. The molecule has 0 amide bonds. The summed E-state index contributed by atoms with van der Waals surface area (Å²) in [6.45, 7) is 5.23.